The molecular formula is C27H28N4O. The molecule has 0 saturated carbocycles. The summed E-state index contributed by atoms with van der Waals surface area (Å²) in [7, 11) is 0. The van der Waals surface area contributed by atoms with Crippen LogP contribution < -0.4 is 0 Å². The Morgan fingerprint density at radius 2 is 1.72 bits per heavy atom. The van der Waals surface area contributed by atoms with Crippen LogP contribution in [0.4, 0.5) is 0 Å². The largest absolute Gasteiger partial charge is 0.335 e. The minimum Gasteiger partial charge on any atom is -0.335 e. The molecule has 1 aromatic heterocycles. The molecule has 0 spiro atoms. The minimum absolute atomic E-state index is 0.0782. The summed E-state index contributed by atoms with van der Waals surface area (Å²) in [4.78, 5) is 17.6. The van der Waals surface area contributed by atoms with Gasteiger partial charge in [0.05, 0.1) is 5.56 Å². The average molecular weight is 425 g/mol. The number of aromatic nitrogens is 1. The Balaban J connectivity index is 1.42. The standard InChI is InChI=1S/C27H28N4O/c1-2-22-10-12-25(13-11-22)31-16-14-24(21-28)26(31)27(32)30-19-17-29(18-20-30)15-6-9-23-7-4-3-5-8-23/h3-14,16H,2,15,17-20H2,1H3. The van der Waals surface area contributed by atoms with Gasteiger partial charge in [-0.1, -0.05) is 61.5 Å². The fourth-order valence-corrected chi connectivity index (χ4v) is 4.03. The summed E-state index contributed by atoms with van der Waals surface area (Å²) in [5.74, 6) is -0.0782. The second kappa shape index (κ2) is 10.1. The van der Waals surface area contributed by atoms with E-state index in [1.807, 2.05) is 46.0 Å². The number of benzene rings is 2. The maximum Gasteiger partial charge on any atom is 0.272 e. The summed E-state index contributed by atoms with van der Waals surface area (Å²) in [5.41, 5.74) is 4.21. The van der Waals surface area contributed by atoms with Crippen molar-refractivity contribution < 1.29 is 4.79 Å². The highest BCUT2D eigenvalue weighted by atomic mass is 16.2. The van der Waals surface area contributed by atoms with Crippen LogP contribution in [-0.2, 0) is 6.42 Å². The Labute approximate surface area is 189 Å². The van der Waals surface area contributed by atoms with Crippen molar-refractivity contribution in [2.45, 2.75) is 13.3 Å². The van der Waals surface area contributed by atoms with Crippen molar-refractivity contribution in [2.24, 2.45) is 0 Å². The molecule has 0 N–H and O–H groups in total. The molecule has 4 rings (SSSR count). The molecule has 5 heteroatoms. The molecule has 5 nitrogen and oxygen atoms in total. The SMILES string of the molecule is CCc1ccc(-n2ccc(C#N)c2C(=O)N2CCN(CC=Cc3ccccc3)CC2)cc1. The lowest BCUT2D eigenvalue weighted by Crippen LogP contribution is -2.49. The molecule has 2 aromatic carbocycles. The Kier molecular flexibility index (Phi) is 6.84. The van der Waals surface area contributed by atoms with Gasteiger partial charge >= 0.3 is 0 Å². The lowest BCUT2D eigenvalue weighted by molar-refractivity contribution is 0.0642. The van der Waals surface area contributed by atoms with Crippen molar-refractivity contribution >= 4 is 12.0 Å². The van der Waals surface area contributed by atoms with Gasteiger partial charge in [-0.2, -0.15) is 5.26 Å². The summed E-state index contributed by atoms with van der Waals surface area (Å²) in [5, 5.41) is 9.59. The van der Waals surface area contributed by atoms with Crippen LogP contribution in [0.3, 0.4) is 0 Å². The number of nitriles is 1. The third-order valence-corrected chi connectivity index (χ3v) is 5.97. The van der Waals surface area contributed by atoms with E-state index < -0.39 is 0 Å². The fraction of sp³-hybridized carbons (Fsp3) is 0.259. The van der Waals surface area contributed by atoms with Gasteiger partial charge in [0.2, 0.25) is 0 Å². The van der Waals surface area contributed by atoms with Gasteiger partial charge < -0.3 is 9.47 Å². The minimum atomic E-state index is -0.0782. The lowest BCUT2D eigenvalue weighted by atomic mass is 10.1. The first kappa shape index (κ1) is 21.6. The number of hydrogen-bond acceptors (Lipinski definition) is 3. The van der Waals surface area contributed by atoms with Crippen molar-refractivity contribution in [3.05, 3.63) is 95.3 Å². The van der Waals surface area contributed by atoms with Gasteiger partial charge in [0.25, 0.3) is 5.91 Å². The van der Waals surface area contributed by atoms with E-state index in [4.69, 9.17) is 0 Å². The molecule has 1 aliphatic rings. The molecule has 1 fully saturated rings. The molecular weight excluding hydrogens is 396 g/mol. The van der Waals surface area contributed by atoms with Gasteiger partial charge in [0, 0.05) is 44.6 Å². The van der Waals surface area contributed by atoms with Crippen molar-refractivity contribution in [3.63, 3.8) is 0 Å². The first-order valence-corrected chi connectivity index (χ1v) is 11.1. The van der Waals surface area contributed by atoms with Crippen LogP contribution in [0, 0.1) is 11.3 Å². The second-order valence-corrected chi connectivity index (χ2v) is 7.99. The van der Waals surface area contributed by atoms with Crippen LogP contribution >= 0.6 is 0 Å². The summed E-state index contributed by atoms with van der Waals surface area (Å²) in [6, 6.07) is 22.3. The van der Waals surface area contributed by atoms with Gasteiger partial charge in [0.15, 0.2) is 0 Å². The Morgan fingerprint density at radius 1 is 1.00 bits per heavy atom. The van der Waals surface area contributed by atoms with Gasteiger partial charge in [-0.15, -0.1) is 0 Å². The average Bonchev–Trinajstić information content (AvgIpc) is 3.29. The quantitative estimate of drug-likeness (QED) is 0.590. The van der Waals surface area contributed by atoms with E-state index in [2.05, 4.69) is 54.3 Å². The van der Waals surface area contributed by atoms with Crippen LogP contribution in [0.5, 0.6) is 0 Å². The summed E-state index contributed by atoms with van der Waals surface area (Å²) < 4.78 is 1.84. The number of nitrogens with zero attached hydrogens (tertiary/aromatic N) is 4. The van der Waals surface area contributed by atoms with Crippen LogP contribution in [0.1, 0.15) is 34.1 Å². The van der Waals surface area contributed by atoms with E-state index in [9.17, 15) is 10.1 Å². The molecule has 0 atom stereocenters. The van der Waals surface area contributed by atoms with Gasteiger partial charge in [-0.3, -0.25) is 9.69 Å². The van der Waals surface area contributed by atoms with E-state index >= 15 is 0 Å². The third-order valence-electron chi connectivity index (χ3n) is 5.97. The van der Waals surface area contributed by atoms with Crippen LogP contribution in [0.2, 0.25) is 0 Å². The summed E-state index contributed by atoms with van der Waals surface area (Å²) >= 11 is 0. The number of aryl methyl sites for hydroxylation is 1. The third kappa shape index (κ3) is 4.82. The van der Waals surface area contributed by atoms with Crippen molar-refractivity contribution in [1.29, 1.82) is 5.26 Å². The van der Waals surface area contributed by atoms with Crippen LogP contribution in [0.15, 0.2) is 72.9 Å². The predicted octanol–water partition coefficient (Wildman–Crippen LogP) is 4.38. The maximum atomic E-state index is 13.4. The van der Waals surface area contributed by atoms with Crippen molar-refractivity contribution in [2.75, 3.05) is 32.7 Å². The molecule has 0 radical (unpaired) electrons. The first-order valence-electron chi connectivity index (χ1n) is 11.1. The topological polar surface area (TPSA) is 52.3 Å². The fourth-order valence-electron chi connectivity index (χ4n) is 4.03. The molecule has 0 bridgehead atoms. The molecule has 1 saturated heterocycles. The monoisotopic (exact) mass is 424 g/mol. The molecule has 0 aliphatic carbocycles. The molecule has 2 heterocycles. The zero-order valence-electron chi connectivity index (χ0n) is 18.4. The highest BCUT2D eigenvalue weighted by Gasteiger charge is 2.26. The highest BCUT2D eigenvalue weighted by molar-refractivity contribution is 5.96. The zero-order chi connectivity index (χ0) is 22.3. The molecule has 1 amide bonds. The molecule has 0 unspecified atom stereocenters. The zero-order valence-corrected chi connectivity index (χ0v) is 18.4. The van der Waals surface area contributed by atoms with Crippen LogP contribution in [-0.4, -0.2) is 53.0 Å². The van der Waals surface area contributed by atoms with E-state index in [0.29, 0.717) is 24.3 Å². The number of carbonyl (C=O) groups is 1. The van der Waals surface area contributed by atoms with E-state index in [1.165, 1.54) is 11.1 Å². The first-order chi connectivity index (χ1) is 15.7. The van der Waals surface area contributed by atoms with Crippen molar-refractivity contribution in [3.8, 4) is 11.8 Å². The summed E-state index contributed by atoms with van der Waals surface area (Å²) in [6.07, 6.45) is 7.09. The molecule has 3 aromatic rings. The van der Waals surface area contributed by atoms with E-state index in [1.54, 1.807) is 6.07 Å². The number of rotatable bonds is 6. The van der Waals surface area contributed by atoms with Gasteiger partial charge in [-0.05, 0) is 35.7 Å². The van der Waals surface area contributed by atoms with E-state index in [0.717, 1.165) is 31.7 Å². The van der Waals surface area contributed by atoms with Gasteiger partial charge in [-0.25, -0.2) is 0 Å². The number of hydrogen-bond donors (Lipinski definition) is 0. The smallest absolute Gasteiger partial charge is 0.272 e. The highest BCUT2D eigenvalue weighted by Crippen LogP contribution is 2.20. The Hall–Kier alpha value is -3.62. The number of carbonyl (C=O) groups excluding carboxylic acids is 1. The predicted molar refractivity (Wildman–Crippen MR) is 128 cm³/mol. The molecule has 1 aliphatic heterocycles. The van der Waals surface area contributed by atoms with E-state index in [-0.39, 0.29) is 5.91 Å². The normalized spacial score (nSPS) is 14.6. The lowest BCUT2D eigenvalue weighted by Gasteiger charge is -2.34. The van der Waals surface area contributed by atoms with Crippen LogP contribution in [0.25, 0.3) is 11.8 Å². The Bertz CT molecular complexity index is 1110. The summed E-state index contributed by atoms with van der Waals surface area (Å²) in [6.45, 7) is 5.92. The van der Waals surface area contributed by atoms with Crippen molar-refractivity contribution in [1.82, 2.24) is 14.4 Å². The molecule has 32 heavy (non-hydrogen) atoms. The number of amides is 1. The van der Waals surface area contributed by atoms with Gasteiger partial charge in [0.1, 0.15) is 11.8 Å². The Morgan fingerprint density at radius 3 is 2.38 bits per heavy atom. The molecule has 162 valence electrons. The number of piperazine rings is 1. The maximum absolute atomic E-state index is 13.4. The second-order valence-electron chi connectivity index (χ2n) is 7.99.